The van der Waals surface area contributed by atoms with E-state index in [0.717, 1.165) is 5.56 Å². The fourth-order valence-corrected chi connectivity index (χ4v) is 3.99. The molecule has 0 fully saturated rings. The summed E-state index contributed by atoms with van der Waals surface area (Å²) >= 11 is 0. The van der Waals surface area contributed by atoms with Crippen molar-refractivity contribution in [3.8, 4) is 0 Å². The van der Waals surface area contributed by atoms with Crippen LogP contribution < -0.4 is 0 Å². The summed E-state index contributed by atoms with van der Waals surface area (Å²) in [5.41, 5.74) is 0.117. The van der Waals surface area contributed by atoms with Gasteiger partial charge in [-0.25, -0.2) is 9.79 Å². The Kier molecular flexibility index (Phi) is 6.88. The Morgan fingerprint density at radius 1 is 0.971 bits per heavy atom. The van der Waals surface area contributed by atoms with Crippen LogP contribution in [0.1, 0.15) is 25.0 Å². The lowest BCUT2D eigenvalue weighted by atomic mass is 9.84. The van der Waals surface area contributed by atoms with E-state index in [4.69, 9.17) is 23.9 Å². The minimum atomic E-state index is -1.42. The van der Waals surface area contributed by atoms with Crippen molar-refractivity contribution in [3.05, 3.63) is 83.9 Å². The van der Waals surface area contributed by atoms with Gasteiger partial charge in [-0.2, -0.15) is 0 Å². The van der Waals surface area contributed by atoms with E-state index in [1.54, 1.807) is 12.2 Å². The molecule has 0 unspecified atom stereocenters. The minimum Gasteiger partial charge on any atom is -0.463 e. The van der Waals surface area contributed by atoms with Crippen molar-refractivity contribution in [1.82, 2.24) is 0 Å². The summed E-state index contributed by atoms with van der Waals surface area (Å²) in [4.78, 5) is 41.1. The molecule has 4 rings (SSSR count). The van der Waals surface area contributed by atoms with Crippen molar-refractivity contribution >= 4 is 23.8 Å². The molecule has 2 heterocycles. The molecular formula is C26H25NO7. The maximum atomic E-state index is 13.4. The van der Waals surface area contributed by atoms with Gasteiger partial charge in [-0.3, -0.25) is 9.59 Å². The van der Waals surface area contributed by atoms with Gasteiger partial charge in [0.05, 0.1) is 0 Å². The van der Waals surface area contributed by atoms with Crippen LogP contribution in [0, 0.1) is 0 Å². The molecule has 2 aliphatic rings. The monoisotopic (exact) mass is 463 g/mol. The van der Waals surface area contributed by atoms with E-state index in [2.05, 4.69) is 0 Å². The fourth-order valence-electron chi connectivity index (χ4n) is 3.99. The van der Waals surface area contributed by atoms with Crippen molar-refractivity contribution in [2.24, 2.45) is 4.99 Å². The first-order valence-corrected chi connectivity index (χ1v) is 10.9. The number of ether oxygens (including phenoxy) is 4. The Balaban J connectivity index is 1.73. The van der Waals surface area contributed by atoms with Gasteiger partial charge in [0.25, 0.3) is 0 Å². The summed E-state index contributed by atoms with van der Waals surface area (Å²) in [6.45, 7) is 2.41. The second kappa shape index (κ2) is 10.0. The van der Waals surface area contributed by atoms with Crippen molar-refractivity contribution in [1.29, 1.82) is 0 Å². The van der Waals surface area contributed by atoms with Gasteiger partial charge in [-0.1, -0.05) is 54.6 Å². The highest BCUT2D eigenvalue weighted by atomic mass is 16.6. The lowest BCUT2D eigenvalue weighted by molar-refractivity contribution is -0.170. The van der Waals surface area contributed by atoms with Crippen molar-refractivity contribution in [3.63, 3.8) is 0 Å². The molecule has 176 valence electrons. The Morgan fingerprint density at radius 2 is 1.65 bits per heavy atom. The molecule has 2 aliphatic heterocycles. The van der Waals surface area contributed by atoms with E-state index in [9.17, 15) is 14.4 Å². The van der Waals surface area contributed by atoms with E-state index in [1.807, 2.05) is 60.7 Å². The van der Waals surface area contributed by atoms with E-state index >= 15 is 0 Å². The maximum absolute atomic E-state index is 13.4. The third kappa shape index (κ3) is 5.07. The summed E-state index contributed by atoms with van der Waals surface area (Å²) < 4.78 is 22.3. The fraction of sp³-hybridized carbons (Fsp3) is 0.308. The number of nitrogens with zero attached hydrogens (tertiary/aromatic N) is 1. The molecule has 0 spiro atoms. The number of hydrogen-bond donors (Lipinski definition) is 0. The summed E-state index contributed by atoms with van der Waals surface area (Å²) in [7, 11) is 0. The largest absolute Gasteiger partial charge is 0.463 e. The molecule has 34 heavy (non-hydrogen) atoms. The molecular weight excluding hydrogens is 438 g/mol. The van der Waals surface area contributed by atoms with Gasteiger partial charge in [0, 0.05) is 25.8 Å². The first-order chi connectivity index (χ1) is 16.4. The van der Waals surface area contributed by atoms with Crippen molar-refractivity contribution < 1.29 is 33.3 Å². The van der Waals surface area contributed by atoms with Crippen LogP contribution >= 0.6 is 0 Å². The lowest BCUT2D eigenvalue weighted by Crippen LogP contribution is -2.53. The predicted molar refractivity (Wildman–Crippen MR) is 122 cm³/mol. The van der Waals surface area contributed by atoms with Crippen LogP contribution in [-0.2, 0) is 39.8 Å². The molecule has 4 atom stereocenters. The molecule has 0 bridgehead atoms. The molecule has 0 amide bonds. The van der Waals surface area contributed by atoms with Crippen LogP contribution in [0.25, 0.3) is 0 Å². The normalized spacial score (nSPS) is 25.9. The average Bonchev–Trinajstić information content (AvgIpc) is 3.16. The minimum absolute atomic E-state index is 0.153. The summed E-state index contributed by atoms with van der Waals surface area (Å²) in [5, 5.41) is 0. The molecule has 2 aromatic rings. The Bertz CT molecular complexity index is 1110. The highest BCUT2D eigenvalue weighted by Crippen LogP contribution is 2.36. The number of cyclic esters (lactones) is 1. The molecule has 8 nitrogen and oxygen atoms in total. The Hall–Kier alpha value is -3.78. The number of carbonyl (C=O) groups excluding carboxylic acids is 3. The first kappa shape index (κ1) is 23.4. The third-order valence-electron chi connectivity index (χ3n) is 5.57. The number of carbonyl (C=O) groups is 3. The zero-order chi connectivity index (χ0) is 24.1. The van der Waals surface area contributed by atoms with Crippen LogP contribution in [0.15, 0.2) is 77.8 Å². The van der Waals surface area contributed by atoms with Gasteiger partial charge in [0.2, 0.25) is 5.90 Å². The van der Waals surface area contributed by atoms with Crippen LogP contribution in [-0.4, -0.2) is 54.3 Å². The number of esters is 3. The molecule has 0 N–H and O–H groups in total. The van der Waals surface area contributed by atoms with Crippen LogP contribution in [0.4, 0.5) is 0 Å². The van der Waals surface area contributed by atoms with Crippen LogP contribution in [0.2, 0.25) is 0 Å². The Labute approximate surface area is 197 Å². The summed E-state index contributed by atoms with van der Waals surface area (Å²) in [6, 6.07) is 18.6. The highest BCUT2D eigenvalue weighted by Gasteiger charge is 2.54. The number of rotatable bonds is 7. The van der Waals surface area contributed by atoms with Crippen LogP contribution in [0.5, 0.6) is 0 Å². The number of aliphatic imine (C=N–C) groups is 1. The second-order valence-corrected chi connectivity index (χ2v) is 8.12. The van der Waals surface area contributed by atoms with Crippen LogP contribution in [0.3, 0.4) is 0 Å². The quantitative estimate of drug-likeness (QED) is 0.354. The van der Waals surface area contributed by atoms with Gasteiger partial charge in [-0.15, -0.1) is 0 Å². The molecule has 0 saturated carbocycles. The molecule has 0 aliphatic carbocycles. The third-order valence-corrected chi connectivity index (χ3v) is 5.57. The summed E-state index contributed by atoms with van der Waals surface area (Å²) in [6.07, 6.45) is 1.06. The maximum Gasteiger partial charge on any atom is 0.344 e. The van der Waals surface area contributed by atoms with E-state index in [-0.39, 0.29) is 18.9 Å². The van der Waals surface area contributed by atoms with Crippen molar-refractivity contribution in [2.45, 2.75) is 44.1 Å². The topological polar surface area (TPSA) is 100 Å². The van der Waals surface area contributed by atoms with Gasteiger partial charge in [0.1, 0.15) is 24.9 Å². The van der Waals surface area contributed by atoms with Gasteiger partial charge < -0.3 is 18.9 Å². The molecule has 0 aromatic heterocycles. The average molecular weight is 463 g/mol. The zero-order valence-electron chi connectivity index (χ0n) is 18.9. The Morgan fingerprint density at radius 3 is 2.29 bits per heavy atom. The second-order valence-electron chi connectivity index (χ2n) is 8.12. The first-order valence-electron chi connectivity index (χ1n) is 10.9. The van der Waals surface area contributed by atoms with E-state index in [0.29, 0.717) is 5.56 Å². The lowest BCUT2D eigenvalue weighted by Gasteiger charge is -2.37. The molecule has 0 saturated heterocycles. The summed E-state index contributed by atoms with van der Waals surface area (Å²) in [5.74, 6) is -1.35. The molecule has 8 heteroatoms. The molecule has 2 aromatic carbocycles. The van der Waals surface area contributed by atoms with Gasteiger partial charge in [0.15, 0.2) is 5.54 Å². The molecule has 0 radical (unpaired) electrons. The number of benzene rings is 2. The zero-order valence-corrected chi connectivity index (χ0v) is 18.9. The van der Waals surface area contributed by atoms with Gasteiger partial charge >= 0.3 is 17.9 Å². The smallest absolute Gasteiger partial charge is 0.344 e. The predicted octanol–water partition coefficient (Wildman–Crippen LogP) is 2.79. The van der Waals surface area contributed by atoms with Crippen molar-refractivity contribution in [2.75, 3.05) is 6.61 Å². The standard InChI is InChI=1S/C26H25NO7/c1-17(28)31-16-22-21(32-18(2)29)13-14-23(33-22)26(15-19-9-5-3-6-10-19)25(30)34-24(27-26)20-11-7-4-8-12-20/h3-14,21-23H,15-16H2,1-2H3/t21-,22+,23-,26+/m0/s1. The highest BCUT2D eigenvalue weighted by molar-refractivity contribution is 6.08. The number of hydrogen-bond acceptors (Lipinski definition) is 8. The van der Waals surface area contributed by atoms with E-state index < -0.39 is 41.8 Å². The SMILES string of the molecule is CC(=O)OC[C@H]1O[C@H]([C@@]2(Cc3ccccc3)N=C(c3ccccc3)OC2=O)C=C[C@@H]1OC(C)=O. The van der Waals surface area contributed by atoms with Gasteiger partial charge in [-0.05, 0) is 23.8 Å². The van der Waals surface area contributed by atoms with E-state index in [1.165, 1.54) is 13.8 Å².